The molecule has 0 spiro atoms. The third-order valence-electron chi connectivity index (χ3n) is 3.54. The molecular weight excluding hydrogens is 260 g/mol. The molecule has 19 heavy (non-hydrogen) atoms. The van der Waals surface area contributed by atoms with Crippen molar-refractivity contribution in [2.24, 2.45) is 5.73 Å². The lowest BCUT2D eigenvalue weighted by Crippen LogP contribution is -2.53. The summed E-state index contributed by atoms with van der Waals surface area (Å²) in [4.78, 5) is 2.36. The summed E-state index contributed by atoms with van der Waals surface area (Å²) < 4.78 is 5.55. The van der Waals surface area contributed by atoms with Gasteiger partial charge in [0, 0.05) is 23.3 Å². The van der Waals surface area contributed by atoms with Gasteiger partial charge in [0.15, 0.2) is 0 Å². The molecule has 1 aliphatic rings. The molecule has 0 aromatic heterocycles. The van der Waals surface area contributed by atoms with Crippen LogP contribution in [0.3, 0.4) is 0 Å². The predicted octanol–water partition coefficient (Wildman–Crippen LogP) is 2.84. The summed E-state index contributed by atoms with van der Waals surface area (Å²) in [7, 11) is 0. The zero-order valence-corrected chi connectivity index (χ0v) is 12.7. The van der Waals surface area contributed by atoms with Gasteiger partial charge in [-0.25, -0.2) is 0 Å². The highest BCUT2D eigenvalue weighted by atomic mass is 35.5. The standard InChI is InChI=1S/C15H23ClN2O/c1-11(17)8-12-4-5-13(9-14(12)16)18-6-7-19-10-15(18,2)3/h4-5,9,11H,6-8,10,17H2,1-3H3. The summed E-state index contributed by atoms with van der Waals surface area (Å²) in [5.74, 6) is 0. The Labute approximate surface area is 120 Å². The first kappa shape index (κ1) is 14.6. The average Bonchev–Trinajstić information content (AvgIpc) is 2.31. The van der Waals surface area contributed by atoms with Crippen LogP contribution >= 0.6 is 11.6 Å². The average molecular weight is 283 g/mol. The van der Waals surface area contributed by atoms with Gasteiger partial charge < -0.3 is 15.4 Å². The first-order valence-electron chi connectivity index (χ1n) is 6.79. The summed E-state index contributed by atoms with van der Waals surface area (Å²) >= 11 is 6.37. The fourth-order valence-electron chi connectivity index (χ4n) is 2.55. The Bertz CT molecular complexity index is 446. The lowest BCUT2D eigenvalue weighted by atomic mass is 10.00. The third-order valence-corrected chi connectivity index (χ3v) is 3.89. The summed E-state index contributed by atoms with van der Waals surface area (Å²) in [6.07, 6.45) is 0.811. The smallest absolute Gasteiger partial charge is 0.0694 e. The summed E-state index contributed by atoms with van der Waals surface area (Å²) in [6.45, 7) is 8.78. The third kappa shape index (κ3) is 3.41. The quantitative estimate of drug-likeness (QED) is 0.926. The second-order valence-corrected chi connectivity index (χ2v) is 6.38. The van der Waals surface area contributed by atoms with Crippen LogP contribution in [0.4, 0.5) is 5.69 Å². The molecule has 1 saturated heterocycles. The van der Waals surface area contributed by atoms with E-state index in [9.17, 15) is 0 Å². The molecule has 1 aromatic rings. The molecule has 1 atom stereocenters. The molecule has 1 unspecified atom stereocenters. The van der Waals surface area contributed by atoms with Crippen LogP contribution in [0.2, 0.25) is 5.02 Å². The molecule has 0 saturated carbocycles. The maximum atomic E-state index is 6.37. The van der Waals surface area contributed by atoms with Crippen molar-refractivity contribution in [1.82, 2.24) is 0 Å². The predicted molar refractivity (Wildman–Crippen MR) is 81.0 cm³/mol. The monoisotopic (exact) mass is 282 g/mol. The number of nitrogens with two attached hydrogens (primary N) is 1. The second-order valence-electron chi connectivity index (χ2n) is 5.97. The summed E-state index contributed by atoms with van der Waals surface area (Å²) in [6, 6.07) is 6.40. The van der Waals surface area contributed by atoms with Gasteiger partial charge in [-0.15, -0.1) is 0 Å². The number of hydrogen-bond acceptors (Lipinski definition) is 3. The van der Waals surface area contributed by atoms with Crippen molar-refractivity contribution < 1.29 is 4.74 Å². The molecule has 1 aromatic carbocycles. The van der Waals surface area contributed by atoms with Crippen LogP contribution in [0.15, 0.2) is 18.2 Å². The number of hydrogen-bond donors (Lipinski definition) is 1. The highest BCUT2D eigenvalue weighted by molar-refractivity contribution is 6.31. The van der Waals surface area contributed by atoms with Crippen molar-refractivity contribution in [3.05, 3.63) is 28.8 Å². The van der Waals surface area contributed by atoms with E-state index in [4.69, 9.17) is 22.1 Å². The number of rotatable bonds is 3. The molecule has 2 rings (SSSR count). The van der Waals surface area contributed by atoms with E-state index < -0.39 is 0 Å². The number of morpholine rings is 1. The zero-order chi connectivity index (χ0) is 14.0. The van der Waals surface area contributed by atoms with Crippen LogP contribution in [-0.4, -0.2) is 31.3 Å². The Kier molecular flexibility index (Phi) is 4.39. The Morgan fingerprint density at radius 1 is 1.47 bits per heavy atom. The van der Waals surface area contributed by atoms with Crippen LogP contribution in [0.1, 0.15) is 26.3 Å². The highest BCUT2D eigenvalue weighted by Gasteiger charge is 2.30. The van der Waals surface area contributed by atoms with Gasteiger partial charge in [0.1, 0.15) is 0 Å². The van der Waals surface area contributed by atoms with Crippen LogP contribution in [0.25, 0.3) is 0 Å². The van der Waals surface area contributed by atoms with E-state index in [2.05, 4.69) is 30.9 Å². The van der Waals surface area contributed by atoms with Gasteiger partial charge in [-0.05, 0) is 44.9 Å². The van der Waals surface area contributed by atoms with Gasteiger partial charge in [0.2, 0.25) is 0 Å². The largest absolute Gasteiger partial charge is 0.377 e. The first-order valence-corrected chi connectivity index (χ1v) is 7.17. The molecule has 4 heteroatoms. The minimum Gasteiger partial charge on any atom is -0.377 e. The number of nitrogens with zero attached hydrogens (tertiary/aromatic N) is 1. The molecule has 0 amide bonds. The van der Waals surface area contributed by atoms with E-state index in [0.29, 0.717) is 0 Å². The number of ether oxygens (including phenoxy) is 1. The molecular formula is C15H23ClN2O. The Morgan fingerprint density at radius 3 is 2.79 bits per heavy atom. The molecule has 106 valence electrons. The van der Waals surface area contributed by atoms with Crippen molar-refractivity contribution in [1.29, 1.82) is 0 Å². The Hall–Kier alpha value is -0.770. The Morgan fingerprint density at radius 2 is 2.21 bits per heavy atom. The molecule has 0 bridgehead atoms. The van der Waals surface area contributed by atoms with Gasteiger partial charge >= 0.3 is 0 Å². The van der Waals surface area contributed by atoms with E-state index in [1.807, 2.05) is 13.0 Å². The van der Waals surface area contributed by atoms with Gasteiger partial charge in [-0.1, -0.05) is 17.7 Å². The van der Waals surface area contributed by atoms with E-state index >= 15 is 0 Å². The van der Waals surface area contributed by atoms with Crippen LogP contribution in [-0.2, 0) is 11.2 Å². The van der Waals surface area contributed by atoms with Crippen LogP contribution in [0, 0.1) is 0 Å². The lowest BCUT2D eigenvalue weighted by Gasteiger charge is -2.44. The van der Waals surface area contributed by atoms with Crippen molar-refractivity contribution in [2.75, 3.05) is 24.7 Å². The minimum atomic E-state index is 0.00422. The summed E-state index contributed by atoms with van der Waals surface area (Å²) in [5, 5.41) is 0.803. The van der Waals surface area contributed by atoms with E-state index in [0.717, 1.165) is 42.5 Å². The number of benzene rings is 1. The van der Waals surface area contributed by atoms with E-state index in [-0.39, 0.29) is 11.6 Å². The topological polar surface area (TPSA) is 38.5 Å². The SMILES string of the molecule is CC(N)Cc1ccc(N2CCOCC2(C)C)cc1Cl. The molecule has 1 aliphatic heterocycles. The number of halogens is 1. The highest BCUT2D eigenvalue weighted by Crippen LogP contribution is 2.30. The van der Waals surface area contributed by atoms with Crippen molar-refractivity contribution in [2.45, 2.75) is 38.8 Å². The second kappa shape index (κ2) is 5.70. The first-order chi connectivity index (χ1) is 8.90. The fourth-order valence-corrected chi connectivity index (χ4v) is 2.81. The molecule has 1 fully saturated rings. The van der Waals surface area contributed by atoms with Crippen molar-refractivity contribution in [3.8, 4) is 0 Å². The molecule has 2 N–H and O–H groups in total. The number of anilines is 1. The normalized spacial score (nSPS) is 20.4. The van der Waals surface area contributed by atoms with Gasteiger partial charge in [0.05, 0.1) is 18.8 Å². The molecule has 1 heterocycles. The maximum Gasteiger partial charge on any atom is 0.0694 e. The maximum absolute atomic E-state index is 6.37. The lowest BCUT2D eigenvalue weighted by molar-refractivity contribution is 0.0644. The zero-order valence-electron chi connectivity index (χ0n) is 11.9. The van der Waals surface area contributed by atoms with Gasteiger partial charge in [-0.3, -0.25) is 0 Å². The van der Waals surface area contributed by atoms with Gasteiger partial charge in [0.25, 0.3) is 0 Å². The van der Waals surface area contributed by atoms with E-state index in [1.165, 1.54) is 0 Å². The van der Waals surface area contributed by atoms with Gasteiger partial charge in [-0.2, -0.15) is 0 Å². The van der Waals surface area contributed by atoms with Crippen molar-refractivity contribution in [3.63, 3.8) is 0 Å². The Balaban J connectivity index is 2.23. The van der Waals surface area contributed by atoms with Crippen molar-refractivity contribution >= 4 is 17.3 Å². The fraction of sp³-hybridized carbons (Fsp3) is 0.600. The van der Waals surface area contributed by atoms with Crippen LogP contribution < -0.4 is 10.6 Å². The van der Waals surface area contributed by atoms with Crippen LogP contribution in [0.5, 0.6) is 0 Å². The molecule has 3 nitrogen and oxygen atoms in total. The molecule has 0 radical (unpaired) electrons. The van der Waals surface area contributed by atoms with E-state index in [1.54, 1.807) is 0 Å². The minimum absolute atomic E-state index is 0.00422. The summed E-state index contributed by atoms with van der Waals surface area (Å²) in [5.41, 5.74) is 8.11. The molecule has 0 aliphatic carbocycles.